The number of nitrogens with two attached hydrogens (primary N) is 1. The molecule has 1 amide bonds. The van der Waals surface area contributed by atoms with E-state index in [1.807, 2.05) is 19.3 Å². The summed E-state index contributed by atoms with van der Waals surface area (Å²) in [6.45, 7) is 2.78. The number of piperidine rings is 1. The van der Waals surface area contributed by atoms with Gasteiger partial charge in [-0.25, -0.2) is 4.98 Å². The Morgan fingerprint density at radius 3 is 2.89 bits per heavy atom. The highest BCUT2D eigenvalue weighted by Gasteiger charge is 2.22. The summed E-state index contributed by atoms with van der Waals surface area (Å²) in [7, 11) is 1.87. The molecule has 2 rings (SSSR count). The van der Waals surface area contributed by atoms with E-state index in [1.54, 1.807) is 0 Å². The zero-order valence-electron chi connectivity index (χ0n) is 10.7. The predicted molar refractivity (Wildman–Crippen MR) is 71.0 cm³/mol. The van der Waals surface area contributed by atoms with Crippen molar-refractivity contribution in [3.63, 3.8) is 0 Å². The minimum atomic E-state index is -0.156. The summed E-state index contributed by atoms with van der Waals surface area (Å²) >= 11 is 0. The van der Waals surface area contributed by atoms with Gasteiger partial charge in [-0.3, -0.25) is 9.69 Å². The number of pyridine rings is 1. The highest BCUT2D eigenvalue weighted by Crippen LogP contribution is 2.19. The maximum atomic E-state index is 11.1. The molecule has 2 heterocycles. The summed E-state index contributed by atoms with van der Waals surface area (Å²) in [6, 6.07) is 4.08. The molecule has 3 N–H and O–H groups in total. The minimum absolute atomic E-state index is 0.0616. The summed E-state index contributed by atoms with van der Waals surface area (Å²) in [6.07, 6.45) is 3.57. The lowest BCUT2D eigenvalue weighted by molar-refractivity contribution is -0.123. The van der Waals surface area contributed by atoms with E-state index < -0.39 is 0 Å². The summed E-state index contributed by atoms with van der Waals surface area (Å²) in [4.78, 5) is 17.6. The monoisotopic (exact) mass is 248 g/mol. The number of nitrogens with one attached hydrogen (secondary N) is 1. The van der Waals surface area contributed by atoms with Crippen LogP contribution in [0.2, 0.25) is 0 Å². The molecule has 0 aliphatic carbocycles. The van der Waals surface area contributed by atoms with E-state index in [1.165, 1.54) is 5.56 Å². The second kappa shape index (κ2) is 5.82. The zero-order chi connectivity index (χ0) is 13.0. The van der Waals surface area contributed by atoms with E-state index >= 15 is 0 Å². The maximum absolute atomic E-state index is 11.1. The van der Waals surface area contributed by atoms with Gasteiger partial charge < -0.3 is 11.1 Å². The van der Waals surface area contributed by atoms with Gasteiger partial charge in [-0.15, -0.1) is 0 Å². The number of anilines is 1. The third-order valence-corrected chi connectivity index (χ3v) is 3.48. The van der Waals surface area contributed by atoms with Gasteiger partial charge in [0.05, 0.1) is 0 Å². The Balaban J connectivity index is 1.89. The summed E-state index contributed by atoms with van der Waals surface area (Å²) in [5, 5.41) is 3.04. The lowest BCUT2D eigenvalue weighted by atomic mass is 9.96. The number of hydrogen-bond donors (Lipinski definition) is 2. The molecular formula is C13H20N4O. The number of amides is 1. The van der Waals surface area contributed by atoms with Crippen LogP contribution in [0.5, 0.6) is 0 Å². The van der Waals surface area contributed by atoms with Crippen LogP contribution < -0.4 is 11.1 Å². The third-order valence-electron chi connectivity index (χ3n) is 3.48. The van der Waals surface area contributed by atoms with Gasteiger partial charge in [-0.05, 0) is 43.6 Å². The quantitative estimate of drug-likeness (QED) is 0.827. The Morgan fingerprint density at radius 2 is 2.28 bits per heavy atom. The van der Waals surface area contributed by atoms with Gasteiger partial charge in [-0.1, -0.05) is 0 Å². The number of carbonyl (C=O) groups is 1. The highest BCUT2D eigenvalue weighted by atomic mass is 16.1. The number of aromatic nitrogens is 1. The van der Waals surface area contributed by atoms with E-state index in [2.05, 4.69) is 21.3 Å². The average molecular weight is 248 g/mol. The van der Waals surface area contributed by atoms with Crippen molar-refractivity contribution in [3.8, 4) is 0 Å². The normalized spacial score (nSPS) is 17.6. The van der Waals surface area contributed by atoms with Crippen molar-refractivity contribution in [2.45, 2.75) is 19.4 Å². The third kappa shape index (κ3) is 3.20. The average Bonchev–Trinajstić information content (AvgIpc) is 2.39. The van der Waals surface area contributed by atoms with E-state index in [9.17, 15) is 4.79 Å². The molecule has 0 spiro atoms. The van der Waals surface area contributed by atoms with E-state index in [-0.39, 0.29) is 11.8 Å². The van der Waals surface area contributed by atoms with Crippen LogP contribution in [-0.2, 0) is 11.3 Å². The molecule has 0 radical (unpaired) electrons. The number of rotatable bonds is 4. The molecule has 1 aliphatic heterocycles. The van der Waals surface area contributed by atoms with Gasteiger partial charge >= 0.3 is 0 Å². The number of hydrogen-bond acceptors (Lipinski definition) is 4. The SMILES string of the molecule is CNc1cc(CN2CCC(C(N)=O)CC2)ccn1. The van der Waals surface area contributed by atoms with E-state index in [4.69, 9.17) is 5.73 Å². The second-order valence-corrected chi connectivity index (χ2v) is 4.75. The molecular weight excluding hydrogens is 228 g/mol. The van der Waals surface area contributed by atoms with Gasteiger partial charge in [0.2, 0.25) is 5.91 Å². The Bertz CT molecular complexity index is 413. The van der Waals surface area contributed by atoms with Crippen molar-refractivity contribution in [1.82, 2.24) is 9.88 Å². The summed E-state index contributed by atoms with van der Waals surface area (Å²) in [5.74, 6) is 0.794. The number of carbonyl (C=O) groups excluding carboxylic acids is 1. The van der Waals surface area contributed by atoms with Crippen LogP contribution >= 0.6 is 0 Å². The first kappa shape index (κ1) is 12.8. The van der Waals surface area contributed by atoms with Crippen LogP contribution in [-0.4, -0.2) is 35.9 Å². The molecule has 0 aromatic carbocycles. The molecule has 0 atom stereocenters. The minimum Gasteiger partial charge on any atom is -0.373 e. The van der Waals surface area contributed by atoms with Crippen LogP contribution in [0, 0.1) is 5.92 Å². The molecule has 0 saturated carbocycles. The lowest BCUT2D eigenvalue weighted by Crippen LogP contribution is -2.38. The fraction of sp³-hybridized carbons (Fsp3) is 0.538. The van der Waals surface area contributed by atoms with Crippen LogP contribution in [0.3, 0.4) is 0 Å². The lowest BCUT2D eigenvalue weighted by Gasteiger charge is -2.30. The molecule has 0 bridgehead atoms. The van der Waals surface area contributed by atoms with Crippen LogP contribution in [0.4, 0.5) is 5.82 Å². The fourth-order valence-electron chi connectivity index (χ4n) is 2.34. The maximum Gasteiger partial charge on any atom is 0.220 e. The predicted octanol–water partition coefficient (Wildman–Crippen LogP) is 0.821. The first-order valence-electron chi connectivity index (χ1n) is 6.33. The highest BCUT2D eigenvalue weighted by molar-refractivity contribution is 5.76. The van der Waals surface area contributed by atoms with E-state index in [0.717, 1.165) is 38.3 Å². The van der Waals surface area contributed by atoms with Gasteiger partial charge in [0.25, 0.3) is 0 Å². The Hall–Kier alpha value is -1.62. The Labute approximate surface area is 107 Å². The Morgan fingerprint density at radius 1 is 1.56 bits per heavy atom. The van der Waals surface area contributed by atoms with Crippen LogP contribution in [0.25, 0.3) is 0 Å². The first-order chi connectivity index (χ1) is 8.69. The van der Waals surface area contributed by atoms with Crippen molar-refractivity contribution in [2.75, 3.05) is 25.5 Å². The van der Waals surface area contributed by atoms with Crippen molar-refractivity contribution < 1.29 is 4.79 Å². The molecule has 98 valence electrons. The standard InChI is InChI=1S/C13H20N4O/c1-15-12-8-10(2-5-16-12)9-17-6-3-11(4-7-17)13(14)18/h2,5,8,11H,3-4,6-7,9H2,1H3,(H2,14,18)(H,15,16). The smallest absolute Gasteiger partial charge is 0.220 e. The largest absolute Gasteiger partial charge is 0.373 e. The molecule has 0 unspecified atom stereocenters. The first-order valence-corrected chi connectivity index (χ1v) is 6.33. The molecule has 1 aromatic heterocycles. The summed E-state index contributed by atoms with van der Waals surface area (Å²) < 4.78 is 0. The van der Waals surface area contributed by atoms with Gasteiger partial charge in [-0.2, -0.15) is 0 Å². The summed E-state index contributed by atoms with van der Waals surface area (Å²) in [5.41, 5.74) is 6.57. The van der Waals surface area contributed by atoms with Gasteiger partial charge in [0.1, 0.15) is 5.82 Å². The van der Waals surface area contributed by atoms with Crippen LogP contribution in [0.1, 0.15) is 18.4 Å². The molecule has 1 aromatic rings. The van der Waals surface area contributed by atoms with Crippen molar-refractivity contribution in [3.05, 3.63) is 23.9 Å². The molecule has 5 nitrogen and oxygen atoms in total. The molecule has 1 fully saturated rings. The number of primary amides is 1. The zero-order valence-corrected chi connectivity index (χ0v) is 10.7. The van der Waals surface area contributed by atoms with Crippen molar-refractivity contribution in [2.24, 2.45) is 11.7 Å². The molecule has 5 heteroatoms. The number of likely N-dealkylation sites (tertiary alicyclic amines) is 1. The molecule has 1 saturated heterocycles. The molecule has 1 aliphatic rings. The van der Waals surface area contributed by atoms with Gasteiger partial charge in [0, 0.05) is 25.7 Å². The fourth-order valence-corrected chi connectivity index (χ4v) is 2.34. The van der Waals surface area contributed by atoms with Gasteiger partial charge in [0.15, 0.2) is 0 Å². The van der Waals surface area contributed by atoms with Crippen molar-refractivity contribution >= 4 is 11.7 Å². The van der Waals surface area contributed by atoms with E-state index in [0.29, 0.717) is 0 Å². The van der Waals surface area contributed by atoms with Crippen molar-refractivity contribution in [1.29, 1.82) is 0 Å². The second-order valence-electron chi connectivity index (χ2n) is 4.75. The topological polar surface area (TPSA) is 71.2 Å². The Kier molecular flexibility index (Phi) is 4.15. The number of nitrogens with zero attached hydrogens (tertiary/aromatic N) is 2. The molecule has 18 heavy (non-hydrogen) atoms. The van der Waals surface area contributed by atoms with Crippen LogP contribution in [0.15, 0.2) is 18.3 Å².